The Morgan fingerprint density at radius 2 is 1.84 bits per heavy atom. The largest absolute Gasteiger partial charge is 0.449 e. The highest BCUT2D eigenvalue weighted by Crippen LogP contribution is 2.13. The first kappa shape index (κ1) is 15.0. The predicted octanol–water partition coefficient (Wildman–Crippen LogP) is 1.43. The Kier molecular flexibility index (Phi) is 5.36. The number of hydrogen-bond donors (Lipinski definition) is 1. The maximum Gasteiger partial charge on any atom is 0.338 e. The molecule has 5 heteroatoms. The first-order valence-electron chi connectivity index (χ1n) is 6.21. The summed E-state index contributed by atoms with van der Waals surface area (Å²) >= 11 is 0. The molecule has 0 bridgehead atoms. The van der Waals surface area contributed by atoms with Crippen molar-refractivity contribution in [3.63, 3.8) is 0 Å². The maximum absolute atomic E-state index is 11.8. The van der Waals surface area contributed by atoms with Crippen LogP contribution in [0.1, 0.15) is 24.2 Å². The van der Waals surface area contributed by atoms with Crippen molar-refractivity contribution in [1.29, 1.82) is 0 Å². The van der Waals surface area contributed by atoms with Gasteiger partial charge in [0.25, 0.3) is 5.91 Å². The molecule has 0 saturated carbocycles. The fourth-order valence-corrected chi connectivity index (χ4v) is 1.50. The average Bonchev–Trinajstić information content (AvgIpc) is 2.38. The summed E-state index contributed by atoms with van der Waals surface area (Å²) in [5.74, 6) is -0.787. The second-order valence-corrected chi connectivity index (χ2v) is 4.38. The lowest BCUT2D eigenvalue weighted by molar-refractivity contribution is -0.128. The van der Waals surface area contributed by atoms with Crippen LogP contribution in [0.4, 0.5) is 5.69 Å². The number of rotatable bonds is 5. The van der Waals surface area contributed by atoms with Gasteiger partial charge >= 0.3 is 5.97 Å². The number of nitrogens with zero attached hydrogens (tertiary/aromatic N) is 1. The summed E-state index contributed by atoms with van der Waals surface area (Å²) in [5, 5.41) is 2.60. The molecule has 0 spiro atoms. The molecule has 0 aromatic heterocycles. The molecule has 1 N–H and O–H groups in total. The van der Waals surface area contributed by atoms with Gasteiger partial charge in [0.1, 0.15) is 0 Å². The zero-order chi connectivity index (χ0) is 14.4. The molecule has 0 radical (unpaired) electrons. The predicted molar refractivity (Wildman–Crippen MR) is 74.3 cm³/mol. The fraction of sp³-hybridized carbons (Fsp3) is 0.429. The molecular formula is C14H20N2O3. The number of ether oxygens (including phenoxy) is 1. The second-order valence-electron chi connectivity index (χ2n) is 4.38. The lowest BCUT2D eigenvalue weighted by atomic mass is 10.2. The number of carbonyl (C=O) groups excluding carboxylic acids is 2. The molecule has 1 atom stereocenters. The van der Waals surface area contributed by atoms with Crippen LogP contribution in [-0.4, -0.2) is 38.6 Å². The van der Waals surface area contributed by atoms with E-state index in [-0.39, 0.29) is 5.91 Å². The number of hydrogen-bond acceptors (Lipinski definition) is 4. The average molecular weight is 264 g/mol. The smallest absolute Gasteiger partial charge is 0.338 e. The summed E-state index contributed by atoms with van der Waals surface area (Å²) in [6.45, 7) is 3.88. The lowest BCUT2D eigenvalue weighted by Gasteiger charge is -2.14. The minimum absolute atomic E-state index is 0.291. The Morgan fingerprint density at radius 3 is 2.32 bits per heavy atom. The molecule has 1 rings (SSSR count). The summed E-state index contributed by atoms with van der Waals surface area (Å²) < 4.78 is 5.09. The fourth-order valence-electron chi connectivity index (χ4n) is 1.50. The molecule has 1 aromatic rings. The number of esters is 1. The maximum atomic E-state index is 11.8. The SMILES string of the molecule is CCNC(=O)[C@@H](C)OC(=O)c1ccc(N(C)C)cc1. The van der Waals surface area contributed by atoms with Gasteiger partial charge in [-0.05, 0) is 38.1 Å². The highest BCUT2D eigenvalue weighted by Gasteiger charge is 2.18. The Hall–Kier alpha value is -2.04. The molecule has 5 nitrogen and oxygen atoms in total. The molecule has 0 aliphatic rings. The number of anilines is 1. The van der Waals surface area contributed by atoms with E-state index in [4.69, 9.17) is 4.74 Å². The van der Waals surface area contributed by atoms with Crippen LogP contribution in [0.2, 0.25) is 0 Å². The highest BCUT2D eigenvalue weighted by molar-refractivity contribution is 5.92. The number of amides is 1. The molecule has 1 amide bonds. The van der Waals surface area contributed by atoms with Gasteiger partial charge in [-0.1, -0.05) is 0 Å². The van der Waals surface area contributed by atoms with Crippen LogP contribution in [-0.2, 0) is 9.53 Å². The molecule has 0 aliphatic carbocycles. The Balaban J connectivity index is 2.65. The number of carbonyl (C=O) groups is 2. The van der Waals surface area contributed by atoms with Crippen molar-refractivity contribution in [2.45, 2.75) is 20.0 Å². The van der Waals surface area contributed by atoms with Gasteiger partial charge in [0.05, 0.1) is 5.56 Å². The Morgan fingerprint density at radius 1 is 1.26 bits per heavy atom. The summed E-state index contributed by atoms with van der Waals surface area (Å²) in [6.07, 6.45) is -0.791. The van der Waals surface area contributed by atoms with Gasteiger partial charge in [-0.15, -0.1) is 0 Å². The van der Waals surface area contributed by atoms with Crippen molar-refractivity contribution in [1.82, 2.24) is 5.32 Å². The van der Waals surface area contributed by atoms with E-state index in [2.05, 4.69) is 5.32 Å². The summed E-state index contributed by atoms with van der Waals surface area (Å²) in [6, 6.07) is 7.02. The third-order valence-corrected chi connectivity index (χ3v) is 2.62. The molecule has 19 heavy (non-hydrogen) atoms. The molecule has 0 aliphatic heterocycles. The van der Waals surface area contributed by atoms with E-state index in [1.807, 2.05) is 38.1 Å². The quantitative estimate of drug-likeness (QED) is 0.817. The number of likely N-dealkylation sites (N-methyl/N-ethyl adjacent to an activating group) is 1. The van der Waals surface area contributed by atoms with Gasteiger partial charge in [0.2, 0.25) is 0 Å². The van der Waals surface area contributed by atoms with Gasteiger partial charge in [0.15, 0.2) is 6.10 Å². The van der Waals surface area contributed by atoms with E-state index in [0.29, 0.717) is 12.1 Å². The number of nitrogens with one attached hydrogen (secondary N) is 1. The standard InChI is InChI=1S/C14H20N2O3/c1-5-15-13(17)10(2)19-14(18)11-6-8-12(9-7-11)16(3)4/h6-10H,5H2,1-4H3,(H,15,17)/t10-/m1/s1. The number of benzene rings is 1. The van der Waals surface area contributed by atoms with Gasteiger partial charge in [0, 0.05) is 26.3 Å². The molecule has 0 fully saturated rings. The van der Waals surface area contributed by atoms with Crippen LogP contribution in [0.3, 0.4) is 0 Å². The van der Waals surface area contributed by atoms with Gasteiger partial charge < -0.3 is 15.0 Å². The third-order valence-electron chi connectivity index (χ3n) is 2.62. The van der Waals surface area contributed by atoms with Crippen LogP contribution < -0.4 is 10.2 Å². The topological polar surface area (TPSA) is 58.6 Å². The molecule has 1 aromatic carbocycles. The first-order chi connectivity index (χ1) is 8.95. The minimum atomic E-state index is -0.791. The van der Waals surface area contributed by atoms with Crippen molar-refractivity contribution in [2.75, 3.05) is 25.5 Å². The minimum Gasteiger partial charge on any atom is -0.449 e. The Bertz CT molecular complexity index is 441. The van der Waals surface area contributed by atoms with E-state index in [1.54, 1.807) is 19.1 Å². The summed E-state index contributed by atoms with van der Waals surface area (Å²) in [4.78, 5) is 25.2. The van der Waals surface area contributed by atoms with Crippen molar-refractivity contribution < 1.29 is 14.3 Å². The van der Waals surface area contributed by atoms with Crippen LogP contribution in [0, 0.1) is 0 Å². The van der Waals surface area contributed by atoms with Crippen LogP contribution in [0.5, 0.6) is 0 Å². The zero-order valence-electron chi connectivity index (χ0n) is 11.8. The second kappa shape index (κ2) is 6.78. The third kappa shape index (κ3) is 4.28. The molecular weight excluding hydrogens is 244 g/mol. The van der Waals surface area contributed by atoms with Crippen molar-refractivity contribution in [3.05, 3.63) is 29.8 Å². The molecule has 104 valence electrons. The zero-order valence-corrected chi connectivity index (χ0v) is 11.8. The van der Waals surface area contributed by atoms with Gasteiger partial charge in [-0.25, -0.2) is 4.79 Å². The molecule has 0 heterocycles. The van der Waals surface area contributed by atoms with Gasteiger partial charge in [-0.3, -0.25) is 4.79 Å². The van der Waals surface area contributed by atoms with Crippen molar-refractivity contribution in [3.8, 4) is 0 Å². The van der Waals surface area contributed by atoms with Crippen molar-refractivity contribution >= 4 is 17.6 Å². The normalized spacial score (nSPS) is 11.6. The van der Waals surface area contributed by atoms with Crippen molar-refractivity contribution in [2.24, 2.45) is 0 Å². The van der Waals surface area contributed by atoms with E-state index in [9.17, 15) is 9.59 Å². The Labute approximate surface area is 113 Å². The summed E-state index contributed by atoms with van der Waals surface area (Å²) in [5.41, 5.74) is 1.43. The molecule has 0 unspecified atom stereocenters. The van der Waals surface area contributed by atoms with E-state index < -0.39 is 12.1 Å². The molecule has 0 saturated heterocycles. The van der Waals surface area contributed by atoms with Gasteiger partial charge in [-0.2, -0.15) is 0 Å². The lowest BCUT2D eigenvalue weighted by Crippen LogP contribution is -2.35. The van der Waals surface area contributed by atoms with E-state index in [1.165, 1.54) is 0 Å². The summed E-state index contributed by atoms with van der Waals surface area (Å²) in [7, 11) is 3.84. The van der Waals surface area contributed by atoms with E-state index in [0.717, 1.165) is 5.69 Å². The highest BCUT2D eigenvalue weighted by atomic mass is 16.5. The monoisotopic (exact) mass is 264 g/mol. The first-order valence-corrected chi connectivity index (χ1v) is 6.21. The van der Waals surface area contributed by atoms with Crippen LogP contribution >= 0.6 is 0 Å². The van der Waals surface area contributed by atoms with Crippen LogP contribution in [0.15, 0.2) is 24.3 Å². The van der Waals surface area contributed by atoms with Crippen LogP contribution in [0.25, 0.3) is 0 Å². The van der Waals surface area contributed by atoms with E-state index >= 15 is 0 Å².